The SMILES string of the molecule is CC(C)CCCC(C)C1CCC2C3=C(CCC21C)C1(C)CCCC=C1CC3. The van der Waals surface area contributed by atoms with Gasteiger partial charge in [-0.05, 0) is 86.9 Å². The second kappa shape index (κ2) is 7.38. The van der Waals surface area contributed by atoms with Crippen molar-refractivity contribution < 1.29 is 0 Å². The molecule has 5 unspecified atom stereocenters. The molecule has 0 N–H and O–H groups in total. The zero-order valence-corrected chi connectivity index (χ0v) is 18.9. The molecular weight excluding hydrogens is 324 g/mol. The van der Waals surface area contributed by atoms with Gasteiger partial charge in [0.25, 0.3) is 0 Å². The molecule has 0 heteroatoms. The van der Waals surface area contributed by atoms with Crippen LogP contribution in [0.2, 0.25) is 0 Å². The van der Waals surface area contributed by atoms with Gasteiger partial charge in [0.2, 0.25) is 0 Å². The minimum Gasteiger partial charge on any atom is -0.0844 e. The molecule has 4 rings (SSSR count). The van der Waals surface area contributed by atoms with Crippen LogP contribution in [0, 0.1) is 34.5 Å². The van der Waals surface area contributed by atoms with E-state index in [-0.39, 0.29) is 0 Å². The summed E-state index contributed by atoms with van der Waals surface area (Å²) < 4.78 is 0. The van der Waals surface area contributed by atoms with Gasteiger partial charge in [0.05, 0.1) is 0 Å². The van der Waals surface area contributed by atoms with Gasteiger partial charge in [0, 0.05) is 5.41 Å². The maximum Gasteiger partial charge on any atom is 0.00952 e. The molecule has 5 atom stereocenters. The predicted octanol–water partition coefficient (Wildman–Crippen LogP) is 8.48. The Hall–Kier alpha value is -0.520. The number of hydrogen-bond acceptors (Lipinski definition) is 0. The van der Waals surface area contributed by atoms with Crippen LogP contribution < -0.4 is 0 Å². The lowest BCUT2D eigenvalue weighted by Gasteiger charge is -2.52. The van der Waals surface area contributed by atoms with E-state index < -0.39 is 0 Å². The third-order valence-corrected chi connectivity index (χ3v) is 9.57. The molecule has 0 saturated heterocycles. The van der Waals surface area contributed by atoms with E-state index in [1.165, 1.54) is 77.0 Å². The maximum atomic E-state index is 2.70. The molecule has 4 aliphatic carbocycles. The van der Waals surface area contributed by atoms with Crippen LogP contribution in [0.4, 0.5) is 0 Å². The summed E-state index contributed by atoms with van der Waals surface area (Å²) in [4.78, 5) is 0. The van der Waals surface area contributed by atoms with E-state index in [1.54, 1.807) is 0 Å². The third-order valence-electron chi connectivity index (χ3n) is 9.57. The Morgan fingerprint density at radius 2 is 1.81 bits per heavy atom. The van der Waals surface area contributed by atoms with Crippen molar-refractivity contribution >= 4 is 0 Å². The van der Waals surface area contributed by atoms with Crippen LogP contribution in [0.15, 0.2) is 22.8 Å². The smallest absolute Gasteiger partial charge is 0.00952 e. The quantitative estimate of drug-likeness (QED) is 0.427. The van der Waals surface area contributed by atoms with Gasteiger partial charge in [-0.25, -0.2) is 0 Å². The lowest BCUT2D eigenvalue weighted by atomic mass is 9.53. The molecule has 27 heavy (non-hydrogen) atoms. The topological polar surface area (TPSA) is 0 Å². The average Bonchev–Trinajstić information content (AvgIpc) is 2.98. The molecule has 0 heterocycles. The van der Waals surface area contributed by atoms with Crippen molar-refractivity contribution in [1.82, 2.24) is 0 Å². The summed E-state index contributed by atoms with van der Waals surface area (Å²) in [6.07, 6.45) is 19.7. The Morgan fingerprint density at radius 3 is 2.59 bits per heavy atom. The van der Waals surface area contributed by atoms with Crippen molar-refractivity contribution in [3.63, 3.8) is 0 Å². The molecule has 1 saturated carbocycles. The lowest BCUT2D eigenvalue weighted by Crippen LogP contribution is -2.41. The van der Waals surface area contributed by atoms with Crippen LogP contribution >= 0.6 is 0 Å². The highest BCUT2D eigenvalue weighted by atomic mass is 14.6. The van der Waals surface area contributed by atoms with E-state index >= 15 is 0 Å². The van der Waals surface area contributed by atoms with Crippen molar-refractivity contribution in [1.29, 1.82) is 0 Å². The summed E-state index contributed by atoms with van der Waals surface area (Å²) in [5.74, 6) is 3.68. The summed E-state index contributed by atoms with van der Waals surface area (Å²) in [5, 5.41) is 0. The maximum absolute atomic E-state index is 2.70. The van der Waals surface area contributed by atoms with Gasteiger partial charge >= 0.3 is 0 Å². The molecule has 0 bridgehead atoms. The average molecular weight is 369 g/mol. The van der Waals surface area contributed by atoms with E-state index in [0.717, 1.165) is 23.7 Å². The molecular formula is C27H44. The first-order valence-electron chi connectivity index (χ1n) is 12.3. The molecule has 152 valence electrons. The lowest BCUT2D eigenvalue weighted by molar-refractivity contribution is 0.0937. The molecule has 0 aromatic rings. The van der Waals surface area contributed by atoms with Gasteiger partial charge in [-0.1, -0.05) is 76.7 Å². The van der Waals surface area contributed by atoms with Gasteiger partial charge in [-0.15, -0.1) is 0 Å². The van der Waals surface area contributed by atoms with Gasteiger partial charge in [0.1, 0.15) is 0 Å². The highest BCUT2D eigenvalue weighted by Crippen LogP contribution is 2.65. The molecule has 0 radical (unpaired) electrons. The highest BCUT2D eigenvalue weighted by Gasteiger charge is 2.54. The van der Waals surface area contributed by atoms with Crippen molar-refractivity contribution in [2.45, 2.75) is 112 Å². The highest BCUT2D eigenvalue weighted by molar-refractivity contribution is 5.42. The van der Waals surface area contributed by atoms with Gasteiger partial charge in [-0.2, -0.15) is 0 Å². The number of rotatable bonds is 5. The van der Waals surface area contributed by atoms with Crippen LogP contribution in [0.3, 0.4) is 0 Å². The van der Waals surface area contributed by atoms with Crippen molar-refractivity contribution in [2.24, 2.45) is 34.5 Å². The number of fused-ring (bicyclic) bond motifs is 4. The molecule has 0 aliphatic heterocycles. The summed E-state index contributed by atoms with van der Waals surface area (Å²) in [6.45, 7) is 12.7. The summed E-state index contributed by atoms with van der Waals surface area (Å²) in [5.41, 5.74) is 6.75. The zero-order valence-electron chi connectivity index (χ0n) is 18.9. The van der Waals surface area contributed by atoms with Crippen molar-refractivity contribution in [2.75, 3.05) is 0 Å². The van der Waals surface area contributed by atoms with Crippen LogP contribution in [0.5, 0.6) is 0 Å². The Balaban J connectivity index is 1.55. The van der Waals surface area contributed by atoms with Crippen molar-refractivity contribution in [3.8, 4) is 0 Å². The fraction of sp³-hybridized carbons (Fsp3) is 0.852. The second-order valence-electron chi connectivity index (χ2n) is 11.5. The van der Waals surface area contributed by atoms with E-state index in [2.05, 4.69) is 40.7 Å². The molecule has 0 spiro atoms. The van der Waals surface area contributed by atoms with E-state index in [4.69, 9.17) is 0 Å². The third kappa shape index (κ3) is 3.28. The zero-order chi connectivity index (χ0) is 19.2. The molecule has 0 aromatic heterocycles. The fourth-order valence-corrected chi connectivity index (χ4v) is 8.01. The van der Waals surface area contributed by atoms with Crippen LogP contribution in [0.25, 0.3) is 0 Å². The first-order valence-corrected chi connectivity index (χ1v) is 12.3. The van der Waals surface area contributed by atoms with Crippen molar-refractivity contribution in [3.05, 3.63) is 22.8 Å². The van der Waals surface area contributed by atoms with Gasteiger partial charge in [0.15, 0.2) is 0 Å². The standard InChI is InChI=1S/C27H44/c1-19(2)9-8-10-20(3)23-14-15-24-22-13-12-21-11-6-7-17-26(21,4)25(22)16-18-27(23,24)5/h11,19-20,23-24H,6-10,12-18H2,1-5H3. The summed E-state index contributed by atoms with van der Waals surface area (Å²) in [6, 6.07) is 0. The molecule has 4 aliphatic rings. The molecule has 0 aromatic carbocycles. The van der Waals surface area contributed by atoms with E-state index in [9.17, 15) is 0 Å². The summed E-state index contributed by atoms with van der Waals surface area (Å²) in [7, 11) is 0. The Labute approximate surface area is 169 Å². The first-order chi connectivity index (χ1) is 12.9. The number of hydrogen-bond donors (Lipinski definition) is 0. The van der Waals surface area contributed by atoms with Gasteiger partial charge < -0.3 is 0 Å². The van der Waals surface area contributed by atoms with E-state index in [0.29, 0.717) is 10.8 Å². The summed E-state index contributed by atoms with van der Waals surface area (Å²) >= 11 is 0. The predicted molar refractivity (Wildman–Crippen MR) is 118 cm³/mol. The van der Waals surface area contributed by atoms with E-state index in [1.807, 2.05) is 16.7 Å². The molecule has 0 nitrogen and oxygen atoms in total. The minimum atomic E-state index is 0.453. The van der Waals surface area contributed by atoms with Crippen LogP contribution in [-0.2, 0) is 0 Å². The normalized spacial score (nSPS) is 39.7. The Kier molecular flexibility index (Phi) is 5.41. The van der Waals surface area contributed by atoms with Crippen LogP contribution in [0.1, 0.15) is 112 Å². The number of allylic oxidation sites excluding steroid dienone is 4. The second-order valence-corrected chi connectivity index (χ2v) is 11.5. The molecule has 1 fully saturated rings. The monoisotopic (exact) mass is 368 g/mol. The minimum absolute atomic E-state index is 0.453. The Bertz CT molecular complexity index is 620. The molecule has 0 amide bonds. The van der Waals surface area contributed by atoms with Gasteiger partial charge in [-0.3, -0.25) is 0 Å². The van der Waals surface area contributed by atoms with Crippen LogP contribution in [-0.4, -0.2) is 0 Å². The fourth-order valence-electron chi connectivity index (χ4n) is 8.01. The first kappa shape index (κ1) is 19.8. The largest absolute Gasteiger partial charge is 0.0844 e. The Morgan fingerprint density at radius 1 is 1.00 bits per heavy atom.